The first kappa shape index (κ1) is 16.3. The first-order chi connectivity index (χ1) is 11.4. The van der Waals surface area contributed by atoms with Crippen LogP contribution in [-0.2, 0) is 0 Å². The van der Waals surface area contributed by atoms with Crippen molar-refractivity contribution in [2.24, 2.45) is 4.99 Å². The number of rotatable bonds is 3. The second kappa shape index (κ2) is 7.33. The molecule has 3 aromatic carbocycles. The summed E-state index contributed by atoms with van der Waals surface area (Å²) in [7, 11) is 0. The van der Waals surface area contributed by atoms with Gasteiger partial charge >= 0.3 is 0 Å². The fourth-order valence-corrected chi connectivity index (χ4v) is 3.07. The highest BCUT2D eigenvalue weighted by molar-refractivity contribution is 6.00. The van der Waals surface area contributed by atoms with Crippen LogP contribution in [0.2, 0.25) is 0 Å². The van der Waals surface area contributed by atoms with Gasteiger partial charge in [-0.2, -0.15) is 0 Å². The molecule has 2 nitrogen and oxygen atoms in total. The molecule has 2 atom stereocenters. The van der Waals surface area contributed by atoms with E-state index in [1.165, 1.54) is 11.1 Å². The van der Waals surface area contributed by atoms with Gasteiger partial charge in [0.15, 0.2) is 0 Å². The molecule has 120 valence electrons. The second-order valence-corrected chi connectivity index (χ2v) is 5.73. The van der Waals surface area contributed by atoms with Crippen LogP contribution >= 0.6 is 12.4 Å². The van der Waals surface area contributed by atoms with Gasteiger partial charge in [0.1, 0.15) is 11.9 Å². The van der Waals surface area contributed by atoms with Crippen LogP contribution in [-0.4, -0.2) is 5.84 Å². The molecule has 1 N–H and O–H groups in total. The van der Waals surface area contributed by atoms with Crippen molar-refractivity contribution in [3.63, 3.8) is 0 Å². The minimum absolute atomic E-state index is 0. The molecule has 0 radical (unpaired) electrons. The Labute approximate surface area is 148 Å². The minimum atomic E-state index is 0. The zero-order valence-corrected chi connectivity index (χ0v) is 14.0. The minimum Gasteiger partial charge on any atom is -0.361 e. The monoisotopic (exact) mass is 334 g/mol. The molecule has 4 rings (SSSR count). The molecule has 0 saturated carbocycles. The molecule has 0 spiro atoms. The van der Waals surface area contributed by atoms with Crippen molar-refractivity contribution in [2.45, 2.75) is 12.1 Å². The summed E-state index contributed by atoms with van der Waals surface area (Å²) in [5.41, 5.74) is 3.63. The topological polar surface area (TPSA) is 24.4 Å². The molecule has 1 aliphatic rings. The van der Waals surface area contributed by atoms with Crippen molar-refractivity contribution >= 4 is 18.2 Å². The lowest BCUT2D eigenvalue weighted by Crippen LogP contribution is -2.24. The number of nitrogens with one attached hydrogen (secondary N) is 1. The third-order valence-electron chi connectivity index (χ3n) is 4.22. The fraction of sp³-hybridized carbons (Fsp3) is 0.0952. The van der Waals surface area contributed by atoms with E-state index in [0.29, 0.717) is 0 Å². The number of amidine groups is 1. The molecule has 0 fully saturated rings. The Balaban J connectivity index is 0.00000169. The number of halogens is 1. The van der Waals surface area contributed by atoms with E-state index >= 15 is 0 Å². The molecular weight excluding hydrogens is 316 g/mol. The van der Waals surface area contributed by atoms with E-state index in [2.05, 4.69) is 72.0 Å². The van der Waals surface area contributed by atoms with Gasteiger partial charge < -0.3 is 5.32 Å². The first-order valence-electron chi connectivity index (χ1n) is 7.91. The summed E-state index contributed by atoms with van der Waals surface area (Å²) in [6.45, 7) is 0. The molecule has 0 bridgehead atoms. The highest BCUT2D eigenvalue weighted by Gasteiger charge is 2.31. The SMILES string of the molecule is Cl.c1ccc(C2=NC(c3ccccc3)C(c3ccccc3)N2)cc1. The average molecular weight is 335 g/mol. The zero-order chi connectivity index (χ0) is 15.5. The second-order valence-electron chi connectivity index (χ2n) is 5.73. The Morgan fingerprint density at radius 2 is 1.12 bits per heavy atom. The Kier molecular flexibility index (Phi) is 4.97. The van der Waals surface area contributed by atoms with Crippen molar-refractivity contribution in [3.8, 4) is 0 Å². The lowest BCUT2D eigenvalue weighted by molar-refractivity contribution is 0.572. The first-order valence-corrected chi connectivity index (χ1v) is 7.91. The van der Waals surface area contributed by atoms with Gasteiger partial charge in [-0.15, -0.1) is 12.4 Å². The maximum absolute atomic E-state index is 4.99. The Hall–Kier alpha value is -2.58. The molecule has 1 heterocycles. The molecule has 0 amide bonds. The Bertz CT molecular complexity index is 801. The zero-order valence-electron chi connectivity index (χ0n) is 13.2. The van der Waals surface area contributed by atoms with Crippen molar-refractivity contribution in [1.29, 1.82) is 0 Å². The van der Waals surface area contributed by atoms with E-state index in [9.17, 15) is 0 Å². The third kappa shape index (κ3) is 3.19. The lowest BCUT2D eigenvalue weighted by atomic mass is 9.95. The molecule has 0 aliphatic carbocycles. The van der Waals surface area contributed by atoms with E-state index in [-0.39, 0.29) is 24.5 Å². The maximum Gasteiger partial charge on any atom is 0.129 e. The van der Waals surface area contributed by atoms with Gasteiger partial charge in [-0.1, -0.05) is 91.0 Å². The van der Waals surface area contributed by atoms with Crippen LogP contribution in [0.25, 0.3) is 0 Å². The van der Waals surface area contributed by atoms with E-state index < -0.39 is 0 Å². The number of nitrogens with zero attached hydrogens (tertiary/aromatic N) is 1. The van der Waals surface area contributed by atoms with Gasteiger partial charge in [0.2, 0.25) is 0 Å². The largest absolute Gasteiger partial charge is 0.361 e. The summed E-state index contributed by atoms with van der Waals surface area (Å²) in [6.07, 6.45) is 0. The van der Waals surface area contributed by atoms with Crippen molar-refractivity contribution in [1.82, 2.24) is 5.32 Å². The smallest absolute Gasteiger partial charge is 0.129 e. The standard InChI is InChI=1S/C21H18N2.ClH/c1-4-10-16(11-5-1)19-20(17-12-6-2-7-13-17)23-21(22-19)18-14-8-3-9-15-18;/h1-15,19-20H,(H,22,23);1H. The Morgan fingerprint density at radius 3 is 1.71 bits per heavy atom. The van der Waals surface area contributed by atoms with Gasteiger partial charge in [0.05, 0.1) is 6.04 Å². The lowest BCUT2D eigenvalue weighted by Gasteiger charge is -2.19. The van der Waals surface area contributed by atoms with Gasteiger partial charge in [-0.05, 0) is 11.1 Å². The summed E-state index contributed by atoms with van der Waals surface area (Å²) in [4.78, 5) is 4.99. The van der Waals surface area contributed by atoms with Crippen LogP contribution in [0.15, 0.2) is 96.0 Å². The van der Waals surface area contributed by atoms with Crippen molar-refractivity contribution < 1.29 is 0 Å². The summed E-state index contributed by atoms with van der Waals surface area (Å²) in [6, 6.07) is 31.6. The van der Waals surface area contributed by atoms with Gasteiger partial charge in [-0.25, -0.2) is 0 Å². The molecule has 3 aromatic rings. The normalized spacial score (nSPS) is 19.1. The van der Waals surface area contributed by atoms with Crippen LogP contribution in [0.5, 0.6) is 0 Å². The quantitative estimate of drug-likeness (QED) is 0.720. The molecular formula is C21H19ClN2. The van der Waals surface area contributed by atoms with Crippen LogP contribution in [0.1, 0.15) is 28.8 Å². The predicted molar refractivity (Wildman–Crippen MR) is 102 cm³/mol. The van der Waals surface area contributed by atoms with Crippen LogP contribution in [0.3, 0.4) is 0 Å². The molecule has 0 saturated heterocycles. The third-order valence-corrected chi connectivity index (χ3v) is 4.22. The number of hydrogen-bond donors (Lipinski definition) is 1. The number of aliphatic imine (C=N–C) groups is 1. The Morgan fingerprint density at radius 1 is 0.625 bits per heavy atom. The van der Waals surface area contributed by atoms with E-state index in [4.69, 9.17) is 4.99 Å². The van der Waals surface area contributed by atoms with Crippen LogP contribution < -0.4 is 5.32 Å². The van der Waals surface area contributed by atoms with E-state index in [1.807, 2.05) is 24.3 Å². The summed E-state index contributed by atoms with van der Waals surface area (Å²) in [5, 5.41) is 3.62. The van der Waals surface area contributed by atoms with Crippen molar-refractivity contribution in [2.75, 3.05) is 0 Å². The van der Waals surface area contributed by atoms with Gasteiger partial charge in [-0.3, -0.25) is 4.99 Å². The average Bonchev–Trinajstić information content (AvgIpc) is 3.09. The van der Waals surface area contributed by atoms with E-state index in [0.717, 1.165) is 11.4 Å². The molecule has 1 aliphatic heterocycles. The van der Waals surface area contributed by atoms with E-state index in [1.54, 1.807) is 0 Å². The molecule has 3 heteroatoms. The highest BCUT2D eigenvalue weighted by Crippen LogP contribution is 2.36. The van der Waals surface area contributed by atoms with Crippen molar-refractivity contribution in [3.05, 3.63) is 108 Å². The van der Waals surface area contributed by atoms with Gasteiger partial charge in [0.25, 0.3) is 0 Å². The van der Waals surface area contributed by atoms with Crippen LogP contribution in [0.4, 0.5) is 0 Å². The molecule has 2 unspecified atom stereocenters. The van der Waals surface area contributed by atoms with Crippen LogP contribution in [0, 0.1) is 0 Å². The number of hydrogen-bond acceptors (Lipinski definition) is 2. The molecule has 0 aromatic heterocycles. The van der Waals surface area contributed by atoms with Gasteiger partial charge in [0, 0.05) is 5.56 Å². The number of benzene rings is 3. The predicted octanol–water partition coefficient (Wildman–Crippen LogP) is 4.94. The maximum atomic E-state index is 4.99. The highest BCUT2D eigenvalue weighted by atomic mass is 35.5. The fourth-order valence-electron chi connectivity index (χ4n) is 3.07. The summed E-state index contributed by atoms with van der Waals surface area (Å²) < 4.78 is 0. The summed E-state index contributed by atoms with van der Waals surface area (Å²) in [5.74, 6) is 0.966. The molecule has 24 heavy (non-hydrogen) atoms. The summed E-state index contributed by atoms with van der Waals surface area (Å²) >= 11 is 0.